The van der Waals surface area contributed by atoms with E-state index in [0.29, 0.717) is 24.9 Å². The zero-order valence-electron chi connectivity index (χ0n) is 18.0. The molecule has 1 aromatic carbocycles. The molecule has 0 radical (unpaired) electrons. The second kappa shape index (κ2) is 12.5. The number of hydrogen-bond acceptors (Lipinski definition) is 8. The van der Waals surface area contributed by atoms with Crippen LogP contribution in [-0.4, -0.2) is 56.1 Å². The van der Waals surface area contributed by atoms with Crippen molar-refractivity contribution in [2.75, 3.05) is 19.7 Å². The second-order valence-corrected chi connectivity index (χ2v) is 8.54. The molecule has 11 nitrogen and oxygen atoms in total. The van der Waals surface area contributed by atoms with E-state index in [-0.39, 0.29) is 35.4 Å². The van der Waals surface area contributed by atoms with Gasteiger partial charge in [0.1, 0.15) is 0 Å². The topological polar surface area (TPSA) is 164 Å². The van der Waals surface area contributed by atoms with Gasteiger partial charge in [-0.25, -0.2) is 22.9 Å². The number of carbonyl (C=O) groups excluding carboxylic acids is 3. The molecule has 178 valence electrons. The summed E-state index contributed by atoms with van der Waals surface area (Å²) in [5, 5.41) is 13.7. The van der Waals surface area contributed by atoms with Gasteiger partial charge in [-0.15, -0.1) is 0 Å². The van der Waals surface area contributed by atoms with Crippen LogP contribution in [0.2, 0.25) is 0 Å². The minimum absolute atomic E-state index is 0.00583. The monoisotopic (exact) mass is 478 g/mol. The van der Waals surface area contributed by atoms with Crippen LogP contribution in [0.15, 0.2) is 47.5 Å². The number of aliphatic hydroxyl groups excluding tert-OH is 1. The molecule has 0 aliphatic carbocycles. The fourth-order valence-corrected chi connectivity index (χ4v) is 3.68. The Morgan fingerprint density at radius 3 is 2.55 bits per heavy atom. The molecular formula is C21H26N4O7S. The van der Waals surface area contributed by atoms with E-state index in [0.717, 1.165) is 12.6 Å². The van der Waals surface area contributed by atoms with Crippen LogP contribution in [0.3, 0.4) is 0 Å². The van der Waals surface area contributed by atoms with Crippen molar-refractivity contribution >= 4 is 27.9 Å². The van der Waals surface area contributed by atoms with Crippen LogP contribution in [0.25, 0.3) is 0 Å². The van der Waals surface area contributed by atoms with Crippen LogP contribution >= 0.6 is 0 Å². The van der Waals surface area contributed by atoms with Crippen molar-refractivity contribution in [3.8, 4) is 5.88 Å². The summed E-state index contributed by atoms with van der Waals surface area (Å²) >= 11 is 0. The fourth-order valence-electron chi connectivity index (χ4n) is 2.63. The van der Waals surface area contributed by atoms with Crippen molar-refractivity contribution in [1.82, 2.24) is 20.3 Å². The highest BCUT2D eigenvalue weighted by molar-refractivity contribution is 7.90. The zero-order chi connectivity index (χ0) is 24.3. The Balaban J connectivity index is 1.98. The molecule has 12 heteroatoms. The lowest BCUT2D eigenvalue weighted by Gasteiger charge is -2.10. The summed E-state index contributed by atoms with van der Waals surface area (Å²) in [6.45, 7) is 2.02. The van der Waals surface area contributed by atoms with Gasteiger partial charge < -0.3 is 20.5 Å². The number of benzene rings is 1. The van der Waals surface area contributed by atoms with Crippen molar-refractivity contribution < 1.29 is 32.6 Å². The Hall–Kier alpha value is -3.51. The summed E-state index contributed by atoms with van der Waals surface area (Å²) in [7, 11) is -4.15. The van der Waals surface area contributed by atoms with E-state index in [1.54, 1.807) is 12.1 Å². The fraction of sp³-hybridized carbons (Fsp3) is 0.333. The first-order chi connectivity index (χ1) is 15.7. The van der Waals surface area contributed by atoms with Crippen LogP contribution in [0.4, 0.5) is 4.79 Å². The quantitative estimate of drug-likeness (QED) is 0.367. The molecule has 0 saturated heterocycles. The number of aromatic nitrogens is 1. The number of hydrogen-bond donors (Lipinski definition) is 4. The number of carbonyl (C=O) groups is 3. The summed E-state index contributed by atoms with van der Waals surface area (Å²) in [6, 6.07) is 8.55. The molecule has 0 aliphatic rings. The van der Waals surface area contributed by atoms with E-state index in [2.05, 4.69) is 15.6 Å². The van der Waals surface area contributed by atoms with Gasteiger partial charge in [0.25, 0.3) is 15.9 Å². The smallest absolute Gasteiger partial charge is 0.395 e. The first kappa shape index (κ1) is 25.7. The zero-order valence-corrected chi connectivity index (χ0v) is 18.9. The molecule has 2 rings (SSSR count). The average Bonchev–Trinajstić information content (AvgIpc) is 2.78. The molecule has 0 atom stereocenters. The maximum absolute atomic E-state index is 12.6. The van der Waals surface area contributed by atoms with Crippen molar-refractivity contribution in [2.24, 2.45) is 0 Å². The maximum Gasteiger partial charge on any atom is 0.414 e. The largest absolute Gasteiger partial charge is 0.414 e. The van der Waals surface area contributed by atoms with Gasteiger partial charge >= 0.3 is 6.09 Å². The van der Waals surface area contributed by atoms with Crippen LogP contribution in [0.1, 0.15) is 35.7 Å². The molecular weight excluding hydrogens is 452 g/mol. The highest BCUT2D eigenvalue weighted by atomic mass is 32.2. The lowest BCUT2D eigenvalue weighted by Crippen LogP contribution is -2.31. The summed E-state index contributed by atoms with van der Waals surface area (Å²) in [6.07, 6.45) is 1.84. The maximum atomic E-state index is 12.6. The molecule has 0 saturated carbocycles. The molecule has 3 amide bonds. The van der Waals surface area contributed by atoms with E-state index >= 15 is 0 Å². The van der Waals surface area contributed by atoms with Crippen LogP contribution in [-0.2, 0) is 21.2 Å². The van der Waals surface area contributed by atoms with Crippen LogP contribution < -0.4 is 20.1 Å². The van der Waals surface area contributed by atoms with Gasteiger partial charge in [0.2, 0.25) is 11.8 Å². The first-order valence-electron chi connectivity index (χ1n) is 10.2. The minimum atomic E-state index is -4.15. The van der Waals surface area contributed by atoms with Gasteiger partial charge in [0.15, 0.2) is 0 Å². The predicted molar refractivity (Wildman–Crippen MR) is 118 cm³/mol. The first-order valence-corrected chi connectivity index (χ1v) is 11.7. The van der Waals surface area contributed by atoms with Gasteiger partial charge in [-0.2, -0.15) is 0 Å². The molecule has 4 N–H and O–H groups in total. The van der Waals surface area contributed by atoms with E-state index in [4.69, 9.17) is 9.84 Å². The molecule has 0 fully saturated rings. The number of nitrogens with one attached hydrogen (secondary N) is 3. The highest BCUT2D eigenvalue weighted by Crippen LogP contribution is 2.14. The van der Waals surface area contributed by atoms with Crippen LogP contribution in [0, 0.1) is 0 Å². The summed E-state index contributed by atoms with van der Waals surface area (Å²) in [5.41, 5.74) is 0.626. The molecule has 0 bridgehead atoms. The van der Waals surface area contributed by atoms with E-state index in [1.807, 2.05) is 11.6 Å². The number of pyridine rings is 1. The molecule has 1 aromatic heterocycles. The Morgan fingerprint density at radius 2 is 1.88 bits per heavy atom. The predicted octanol–water partition coefficient (Wildman–Crippen LogP) is 0.740. The molecule has 33 heavy (non-hydrogen) atoms. The molecule has 0 spiro atoms. The second-order valence-electron chi connectivity index (χ2n) is 6.86. The Labute approximate surface area is 191 Å². The number of nitrogens with zero attached hydrogens (tertiary/aromatic N) is 1. The van der Waals surface area contributed by atoms with Gasteiger partial charge in [-0.05, 0) is 36.6 Å². The normalized spacial score (nSPS) is 10.8. The van der Waals surface area contributed by atoms with Crippen molar-refractivity contribution in [1.29, 1.82) is 0 Å². The van der Waals surface area contributed by atoms with Crippen molar-refractivity contribution in [2.45, 2.75) is 31.1 Å². The highest BCUT2D eigenvalue weighted by Gasteiger charge is 2.19. The van der Waals surface area contributed by atoms with Crippen molar-refractivity contribution in [3.63, 3.8) is 0 Å². The number of rotatable bonds is 11. The number of aliphatic hydroxyl groups is 1. The summed E-state index contributed by atoms with van der Waals surface area (Å²) in [4.78, 5) is 39.0. The molecule has 0 aliphatic heterocycles. The third-order valence-corrected chi connectivity index (χ3v) is 5.55. The number of sulfonamides is 1. The van der Waals surface area contributed by atoms with Crippen LogP contribution in [0.5, 0.6) is 5.88 Å². The average molecular weight is 479 g/mol. The van der Waals surface area contributed by atoms with E-state index in [9.17, 15) is 22.8 Å². The van der Waals surface area contributed by atoms with E-state index in [1.165, 1.54) is 24.3 Å². The Bertz CT molecular complexity index is 1070. The molecule has 1 heterocycles. The SMILES string of the molecule is CCCC(=O)NCCc1cccc(S(=O)(=O)NC(=O)c2ccc(OC(=O)NCCO)nc2)c1. The van der Waals surface area contributed by atoms with Crippen molar-refractivity contribution in [3.05, 3.63) is 53.7 Å². The van der Waals surface area contributed by atoms with Gasteiger partial charge in [-0.3, -0.25) is 9.59 Å². The summed E-state index contributed by atoms with van der Waals surface area (Å²) < 4.78 is 32.1. The van der Waals surface area contributed by atoms with Gasteiger partial charge in [0.05, 0.1) is 17.1 Å². The van der Waals surface area contributed by atoms with Gasteiger partial charge in [-0.1, -0.05) is 19.1 Å². The number of amides is 3. The Kier molecular flexibility index (Phi) is 9.76. The summed E-state index contributed by atoms with van der Waals surface area (Å²) in [5.74, 6) is -1.08. The standard InChI is InChI=1S/C21H26N4O7S/c1-2-4-18(27)22-10-9-15-5-3-6-17(13-15)33(30,31)25-20(28)16-7-8-19(24-14-16)32-21(29)23-11-12-26/h3,5-8,13-14,26H,2,4,9-12H2,1H3,(H,22,27)(H,23,29)(H,25,28). The molecule has 0 unspecified atom stereocenters. The number of ether oxygens (including phenoxy) is 1. The minimum Gasteiger partial charge on any atom is -0.395 e. The third kappa shape index (κ3) is 8.50. The molecule has 2 aromatic rings. The third-order valence-electron chi connectivity index (χ3n) is 4.23. The Morgan fingerprint density at radius 1 is 1.09 bits per heavy atom. The van der Waals surface area contributed by atoms with Gasteiger partial charge in [0, 0.05) is 31.8 Å². The lowest BCUT2D eigenvalue weighted by atomic mass is 10.1. The van der Waals surface area contributed by atoms with E-state index < -0.39 is 22.0 Å². The lowest BCUT2D eigenvalue weighted by molar-refractivity contribution is -0.121.